The number of benzene rings is 12. The second kappa shape index (κ2) is 15.5. The Morgan fingerprint density at radius 1 is 0.258 bits per heavy atom. The molecule has 2 heteroatoms. The van der Waals surface area contributed by atoms with Crippen LogP contribution in [0.25, 0.3) is 110 Å². The van der Waals surface area contributed by atoms with Gasteiger partial charge in [-0.3, -0.25) is 0 Å². The number of para-hydroxylation sites is 1. The summed E-state index contributed by atoms with van der Waals surface area (Å²) in [6, 6.07) is 90.2. The van der Waals surface area contributed by atoms with E-state index in [0.29, 0.717) is 0 Å². The molecule has 12 aromatic carbocycles. The molecule has 13 rings (SSSR count). The highest BCUT2D eigenvalue weighted by Gasteiger charge is 2.21. The standard InChI is InChI=1S/C64H41NO/c1-2-15-49-41-63-60(40-48(49)14-1)64-59(23-11-25-62(64)66-63)58-19-7-8-24-61(58)65(51-37-32-47(33-38-51)55-21-10-22-56-54-18-6-4-13-45(54)34-39-57(55)56)50-35-30-43(31-36-50)42-26-28-46(29-27-42)53-20-9-16-44-12-3-5-17-52(44)53/h1-41H. The molecule has 0 fully saturated rings. The summed E-state index contributed by atoms with van der Waals surface area (Å²) in [4.78, 5) is 2.40. The summed E-state index contributed by atoms with van der Waals surface area (Å²) in [6.07, 6.45) is 0. The summed E-state index contributed by atoms with van der Waals surface area (Å²) in [5, 5.41) is 12.2. The minimum absolute atomic E-state index is 0.877. The van der Waals surface area contributed by atoms with Crippen molar-refractivity contribution in [1.29, 1.82) is 0 Å². The van der Waals surface area contributed by atoms with Gasteiger partial charge in [-0.05, 0) is 131 Å². The zero-order valence-corrected chi connectivity index (χ0v) is 36.0. The van der Waals surface area contributed by atoms with Gasteiger partial charge in [0.15, 0.2) is 0 Å². The topological polar surface area (TPSA) is 16.4 Å². The fourth-order valence-corrected chi connectivity index (χ4v) is 10.3. The smallest absolute Gasteiger partial charge is 0.136 e. The molecule has 0 aliphatic carbocycles. The fourth-order valence-electron chi connectivity index (χ4n) is 10.3. The summed E-state index contributed by atoms with van der Waals surface area (Å²) in [5.74, 6) is 0. The van der Waals surface area contributed by atoms with E-state index in [1.54, 1.807) is 0 Å². The predicted molar refractivity (Wildman–Crippen MR) is 280 cm³/mol. The van der Waals surface area contributed by atoms with Gasteiger partial charge in [-0.25, -0.2) is 0 Å². The first kappa shape index (κ1) is 37.8. The van der Waals surface area contributed by atoms with E-state index in [-0.39, 0.29) is 0 Å². The van der Waals surface area contributed by atoms with Crippen molar-refractivity contribution in [1.82, 2.24) is 0 Å². The Morgan fingerprint density at radius 2 is 0.742 bits per heavy atom. The summed E-state index contributed by atoms with van der Waals surface area (Å²) in [5.41, 5.74) is 14.4. The summed E-state index contributed by atoms with van der Waals surface area (Å²) in [6.45, 7) is 0. The van der Waals surface area contributed by atoms with Crippen LogP contribution in [-0.2, 0) is 0 Å². The summed E-state index contributed by atoms with van der Waals surface area (Å²) < 4.78 is 6.59. The van der Waals surface area contributed by atoms with Gasteiger partial charge in [0.1, 0.15) is 11.2 Å². The molecule has 1 aromatic heterocycles. The SMILES string of the molecule is c1ccc(N(c2ccc(-c3ccc(-c4cccc5ccccc45)cc3)cc2)c2ccc(-c3cccc4c3ccc3ccccc34)cc2)c(-c2cccc3oc4cc5ccccc5cc4c23)c1. The zero-order chi connectivity index (χ0) is 43.6. The minimum Gasteiger partial charge on any atom is -0.456 e. The molecule has 308 valence electrons. The number of rotatable bonds is 7. The van der Waals surface area contributed by atoms with Gasteiger partial charge in [0.05, 0.1) is 5.69 Å². The summed E-state index contributed by atoms with van der Waals surface area (Å²) in [7, 11) is 0. The molecule has 13 aromatic rings. The van der Waals surface area contributed by atoms with E-state index >= 15 is 0 Å². The highest BCUT2D eigenvalue weighted by molar-refractivity contribution is 6.17. The van der Waals surface area contributed by atoms with Gasteiger partial charge in [-0.2, -0.15) is 0 Å². The van der Waals surface area contributed by atoms with E-state index in [2.05, 4.69) is 254 Å². The Hall–Kier alpha value is -8.72. The molecule has 66 heavy (non-hydrogen) atoms. The van der Waals surface area contributed by atoms with Gasteiger partial charge >= 0.3 is 0 Å². The molecule has 0 bridgehead atoms. The van der Waals surface area contributed by atoms with Crippen molar-refractivity contribution in [2.75, 3.05) is 4.90 Å². The highest BCUT2D eigenvalue weighted by Crippen LogP contribution is 2.46. The maximum absolute atomic E-state index is 6.59. The van der Waals surface area contributed by atoms with E-state index in [9.17, 15) is 0 Å². The van der Waals surface area contributed by atoms with Crippen LogP contribution in [0.2, 0.25) is 0 Å². The number of anilines is 3. The van der Waals surface area contributed by atoms with Crippen LogP contribution in [0, 0.1) is 0 Å². The van der Waals surface area contributed by atoms with Crippen LogP contribution in [0.5, 0.6) is 0 Å². The van der Waals surface area contributed by atoms with Crippen molar-refractivity contribution >= 4 is 82.1 Å². The zero-order valence-electron chi connectivity index (χ0n) is 36.0. The van der Waals surface area contributed by atoms with Gasteiger partial charge in [0.25, 0.3) is 0 Å². The summed E-state index contributed by atoms with van der Waals surface area (Å²) >= 11 is 0. The Labute approximate surface area is 382 Å². The Balaban J connectivity index is 0.937. The third-order valence-corrected chi connectivity index (χ3v) is 13.5. The van der Waals surface area contributed by atoms with Crippen LogP contribution in [0.4, 0.5) is 17.1 Å². The lowest BCUT2D eigenvalue weighted by Gasteiger charge is -2.28. The van der Waals surface area contributed by atoms with Crippen LogP contribution in [0.3, 0.4) is 0 Å². The maximum atomic E-state index is 6.59. The normalized spacial score (nSPS) is 11.6. The van der Waals surface area contributed by atoms with Crippen molar-refractivity contribution in [2.24, 2.45) is 0 Å². The molecule has 0 saturated heterocycles. The first-order valence-electron chi connectivity index (χ1n) is 22.7. The largest absolute Gasteiger partial charge is 0.456 e. The van der Waals surface area contributed by atoms with Gasteiger partial charge < -0.3 is 9.32 Å². The third-order valence-electron chi connectivity index (χ3n) is 13.5. The van der Waals surface area contributed by atoms with Crippen molar-refractivity contribution < 1.29 is 4.42 Å². The van der Waals surface area contributed by atoms with Crippen molar-refractivity contribution in [3.05, 3.63) is 249 Å². The Bertz CT molecular complexity index is 3970. The van der Waals surface area contributed by atoms with Crippen LogP contribution in [-0.4, -0.2) is 0 Å². The molecule has 0 aliphatic heterocycles. The molecule has 0 N–H and O–H groups in total. The van der Waals surface area contributed by atoms with Crippen LogP contribution in [0.1, 0.15) is 0 Å². The van der Waals surface area contributed by atoms with Gasteiger partial charge in [0.2, 0.25) is 0 Å². The molecule has 0 atom stereocenters. The van der Waals surface area contributed by atoms with Crippen molar-refractivity contribution in [2.45, 2.75) is 0 Å². The lowest BCUT2D eigenvalue weighted by Crippen LogP contribution is -2.11. The average molecular weight is 840 g/mol. The molecular weight excluding hydrogens is 799 g/mol. The second-order valence-electron chi connectivity index (χ2n) is 17.2. The van der Waals surface area contributed by atoms with Crippen LogP contribution in [0.15, 0.2) is 253 Å². The monoisotopic (exact) mass is 839 g/mol. The van der Waals surface area contributed by atoms with E-state index in [0.717, 1.165) is 55.7 Å². The molecule has 0 amide bonds. The van der Waals surface area contributed by atoms with Gasteiger partial charge in [0, 0.05) is 27.7 Å². The maximum Gasteiger partial charge on any atom is 0.136 e. The number of hydrogen-bond acceptors (Lipinski definition) is 2. The third kappa shape index (κ3) is 6.34. The molecule has 0 saturated carbocycles. The van der Waals surface area contributed by atoms with Crippen molar-refractivity contribution in [3.63, 3.8) is 0 Å². The fraction of sp³-hybridized carbons (Fsp3) is 0. The average Bonchev–Trinajstić information content (AvgIpc) is 3.76. The second-order valence-corrected chi connectivity index (χ2v) is 17.2. The quantitative estimate of drug-likeness (QED) is 0.149. The lowest BCUT2D eigenvalue weighted by molar-refractivity contribution is 0.669. The van der Waals surface area contributed by atoms with Gasteiger partial charge in [-0.1, -0.05) is 200 Å². The molecule has 0 spiro atoms. The number of nitrogens with zero attached hydrogens (tertiary/aromatic N) is 1. The van der Waals surface area contributed by atoms with E-state index in [1.165, 1.54) is 70.9 Å². The molecule has 2 nitrogen and oxygen atoms in total. The highest BCUT2D eigenvalue weighted by atomic mass is 16.3. The van der Waals surface area contributed by atoms with Crippen LogP contribution >= 0.6 is 0 Å². The number of hydrogen-bond donors (Lipinski definition) is 0. The number of fused-ring (bicyclic) bond motifs is 8. The van der Waals surface area contributed by atoms with Crippen molar-refractivity contribution in [3.8, 4) is 44.5 Å². The molecular formula is C64H41NO. The van der Waals surface area contributed by atoms with E-state index in [1.807, 2.05) is 0 Å². The molecule has 0 aliphatic rings. The molecule has 0 unspecified atom stereocenters. The Morgan fingerprint density at radius 3 is 1.48 bits per heavy atom. The van der Waals surface area contributed by atoms with Crippen LogP contribution < -0.4 is 4.90 Å². The predicted octanol–water partition coefficient (Wildman–Crippen LogP) is 18.3. The number of furan rings is 1. The minimum atomic E-state index is 0.877. The van der Waals surface area contributed by atoms with E-state index in [4.69, 9.17) is 4.42 Å². The first-order chi connectivity index (χ1) is 32.7. The van der Waals surface area contributed by atoms with Gasteiger partial charge in [-0.15, -0.1) is 0 Å². The first-order valence-corrected chi connectivity index (χ1v) is 22.7. The molecule has 0 radical (unpaired) electrons. The lowest BCUT2D eigenvalue weighted by atomic mass is 9.94. The Kier molecular flexibility index (Phi) is 8.89. The molecule has 1 heterocycles. The van der Waals surface area contributed by atoms with E-state index < -0.39 is 0 Å².